The van der Waals surface area contributed by atoms with Crippen LogP contribution >= 0.6 is 0 Å². The summed E-state index contributed by atoms with van der Waals surface area (Å²) >= 11 is 0. The molecule has 3 aliphatic rings. The Morgan fingerprint density at radius 3 is 2.74 bits per heavy atom. The van der Waals surface area contributed by atoms with E-state index in [2.05, 4.69) is 39.5 Å². The van der Waals surface area contributed by atoms with Crippen molar-refractivity contribution in [3.05, 3.63) is 24.3 Å². The van der Waals surface area contributed by atoms with Gasteiger partial charge >= 0.3 is 5.97 Å². The summed E-state index contributed by atoms with van der Waals surface area (Å²) in [6.45, 7) is 11.1. The van der Waals surface area contributed by atoms with E-state index in [1.165, 1.54) is 32.1 Å². The van der Waals surface area contributed by atoms with E-state index in [1.54, 1.807) is 5.57 Å². The zero-order chi connectivity index (χ0) is 16.9. The van der Waals surface area contributed by atoms with Gasteiger partial charge in [-0.05, 0) is 66.6 Å². The van der Waals surface area contributed by atoms with Crippen LogP contribution in [0.2, 0.25) is 0 Å². The minimum absolute atomic E-state index is 0.0379. The van der Waals surface area contributed by atoms with Gasteiger partial charge in [-0.15, -0.1) is 6.58 Å². The van der Waals surface area contributed by atoms with Crippen molar-refractivity contribution in [2.75, 3.05) is 0 Å². The zero-order valence-electron chi connectivity index (χ0n) is 15.0. The first kappa shape index (κ1) is 16.8. The number of aliphatic carboxylic acids is 1. The van der Waals surface area contributed by atoms with Gasteiger partial charge in [-0.25, -0.2) is 0 Å². The lowest BCUT2D eigenvalue weighted by Crippen LogP contribution is -2.50. The average molecular weight is 316 g/mol. The van der Waals surface area contributed by atoms with Gasteiger partial charge in [-0.1, -0.05) is 44.9 Å². The van der Waals surface area contributed by atoms with Crippen molar-refractivity contribution in [1.82, 2.24) is 0 Å². The van der Waals surface area contributed by atoms with Crippen molar-refractivity contribution in [3.8, 4) is 0 Å². The molecule has 2 fully saturated rings. The van der Waals surface area contributed by atoms with Gasteiger partial charge in [0.05, 0.1) is 6.42 Å². The summed E-state index contributed by atoms with van der Waals surface area (Å²) in [5.41, 5.74) is 2.08. The number of rotatable bonds is 3. The largest absolute Gasteiger partial charge is 0.481 e. The van der Waals surface area contributed by atoms with Crippen molar-refractivity contribution in [1.29, 1.82) is 0 Å². The molecule has 2 unspecified atom stereocenters. The van der Waals surface area contributed by atoms with Gasteiger partial charge in [0, 0.05) is 0 Å². The van der Waals surface area contributed by atoms with Crippen LogP contribution < -0.4 is 0 Å². The Hall–Kier alpha value is -1.05. The summed E-state index contributed by atoms with van der Waals surface area (Å²) in [4.78, 5) is 11.4. The molecule has 0 aliphatic heterocycles. The maximum atomic E-state index is 11.4. The number of carboxylic acids is 1. The summed E-state index contributed by atoms with van der Waals surface area (Å²) in [5, 5.41) is 9.41. The molecule has 5 atom stereocenters. The highest BCUT2D eigenvalue weighted by Crippen LogP contribution is 2.64. The number of allylic oxidation sites excluding steroid dienone is 3. The van der Waals surface area contributed by atoms with Gasteiger partial charge in [-0.2, -0.15) is 0 Å². The van der Waals surface area contributed by atoms with Crippen LogP contribution in [0.25, 0.3) is 0 Å². The summed E-state index contributed by atoms with van der Waals surface area (Å²) in [6, 6.07) is 0. The van der Waals surface area contributed by atoms with Crippen LogP contribution in [0.1, 0.15) is 72.1 Å². The molecule has 0 spiro atoms. The van der Waals surface area contributed by atoms with Crippen molar-refractivity contribution >= 4 is 5.97 Å². The lowest BCUT2D eigenvalue weighted by atomic mass is 9.45. The van der Waals surface area contributed by atoms with E-state index >= 15 is 0 Å². The lowest BCUT2D eigenvalue weighted by Gasteiger charge is -2.59. The third-order valence-corrected chi connectivity index (χ3v) is 7.51. The molecule has 0 radical (unpaired) electrons. The van der Waals surface area contributed by atoms with Gasteiger partial charge in [-0.3, -0.25) is 4.79 Å². The molecule has 3 aliphatic carbocycles. The van der Waals surface area contributed by atoms with Crippen molar-refractivity contribution in [2.45, 2.75) is 72.1 Å². The molecule has 0 aromatic carbocycles. The Morgan fingerprint density at radius 1 is 1.35 bits per heavy atom. The molecule has 1 N–H and O–H groups in total. The highest BCUT2D eigenvalue weighted by molar-refractivity contribution is 5.67. The van der Waals surface area contributed by atoms with E-state index in [-0.39, 0.29) is 16.2 Å². The predicted octanol–water partition coefficient (Wildman–Crippen LogP) is 5.60. The highest BCUT2D eigenvalue weighted by Gasteiger charge is 2.55. The van der Waals surface area contributed by atoms with E-state index in [0.29, 0.717) is 18.3 Å². The fourth-order valence-corrected chi connectivity index (χ4v) is 6.30. The molecule has 0 aromatic heterocycles. The highest BCUT2D eigenvalue weighted by atomic mass is 16.4. The second-order valence-electron chi connectivity index (χ2n) is 9.25. The number of hydrogen-bond donors (Lipinski definition) is 1. The third kappa shape index (κ3) is 2.68. The summed E-state index contributed by atoms with van der Waals surface area (Å²) in [7, 11) is 0. The standard InChI is InChI=1S/C21H32O2/c1-5-19(2)12-9-16-15(13-19)7-8-17-20(3,14-18(22)23)10-6-11-21(16,17)4/h5,9,15,17H,1,6-8,10-14H2,2-4H3,(H,22,23)/t15?,17?,19-,20-,21-/m0/s1. The normalized spacial score (nSPS) is 46.3. The van der Waals surface area contributed by atoms with Crippen LogP contribution in [0.5, 0.6) is 0 Å². The van der Waals surface area contributed by atoms with Crippen LogP contribution in [0, 0.1) is 28.1 Å². The Kier molecular flexibility index (Phi) is 4.01. The summed E-state index contributed by atoms with van der Waals surface area (Å²) in [5.74, 6) is 0.575. The monoisotopic (exact) mass is 316 g/mol. The topological polar surface area (TPSA) is 37.3 Å². The van der Waals surface area contributed by atoms with Crippen LogP contribution in [-0.2, 0) is 4.79 Å². The quantitative estimate of drug-likeness (QED) is 0.688. The first-order valence-electron chi connectivity index (χ1n) is 9.28. The lowest BCUT2D eigenvalue weighted by molar-refractivity contribution is -0.143. The Balaban J connectivity index is 1.95. The number of fused-ring (bicyclic) bond motifs is 3. The van der Waals surface area contributed by atoms with Crippen molar-refractivity contribution < 1.29 is 9.90 Å². The number of carbonyl (C=O) groups is 1. The van der Waals surface area contributed by atoms with Crippen LogP contribution in [0.15, 0.2) is 24.3 Å². The number of hydrogen-bond acceptors (Lipinski definition) is 1. The van der Waals surface area contributed by atoms with E-state index in [0.717, 1.165) is 12.8 Å². The van der Waals surface area contributed by atoms with Gasteiger partial charge in [0.2, 0.25) is 0 Å². The molecule has 0 saturated heterocycles. The Labute approximate surface area is 141 Å². The molecule has 3 rings (SSSR count). The molecule has 0 bridgehead atoms. The minimum Gasteiger partial charge on any atom is -0.481 e. The maximum absolute atomic E-state index is 11.4. The molecule has 0 amide bonds. The molecule has 23 heavy (non-hydrogen) atoms. The Bertz CT molecular complexity index is 548. The SMILES string of the molecule is C=C[C@@]1(C)CC=C2C(CCC3[C@](C)(CC(=O)O)CCC[C@@]23C)C1. The molecule has 2 nitrogen and oxygen atoms in total. The van der Waals surface area contributed by atoms with Crippen molar-refractivity contribution in [2.24, 2.45) is 28.1 Å². The smallest absolute Gasteiger partial charge is 0.303 e. The van der Waals surface area contributed by atoms with Gasteiger partial charge in [0.25, 0.3) is 0 Å². The first-order valence-corrected chi connectivity index (χ1v) is 9.28. The fourth-order valence-electron chi connectivity index (χ4n) is 6.30. The fraction of sp³-hybridized carbons (Fsp3) is 0.762. The minimum atomic E-state index is -0.629. The van der Waals surface area contributed by atoms with E-state index in [9.17, 15) is 9.90 Å². The predicted molar refractivity (Wildman–Crippen MR) is 94.2 cm³/mol. The second-order valence-corrected chi connectivity index (χ2v) is 9.25. The average Bonchev–Trinajstić information content (AvgIpc) is 2.45. The molecule has 2 heteroatoms. The molecule has 2 saturated carbocycles. The molecular weight excluding hydrogens is 284 g/mol. The summed E-state index contributed by atoms with van der Waals surface area (Å²) in [6.07, 6.45) is 13.2. The van der Waals surface area contributed by atoms with Crippen LogP contribution in [0.3, 0.4) is 0 Å². The Morgan fingerprint density at radius 2 is 2.09 bits per heavy atom. The summed E-state index contributed by atoms with van der Waals surface area (Å²) < 4.78 is 0. The molecule has 128 valence electrons. The molecule has 0 heterocycles. The first-order chi connectivity index (χ1) is 10.7. The zero-order valence-corrected chi connectivity index (χ0v) is 15.0. The van der Waals surface area contributed by atoms with Crippen LogP contribution in [0.4, 0.5) is 0 Å². The van der Waals surface area contributed by atoms with Gasteiger partial charge < -0.3 is 5.11 Å². The van der Waals surface area contributed by atoms with Crippen LogP contribution in [-0.4, -0.2) is 11.1 Å². The molecule has 0 aromatic rings. The second kappa shape index (κ2) is 5.50. The van der Waals surface area contributed by atoms with Gasteiger partial charge in [0.1, 0.15) is 0 Å². The van der Waals surface area contributed by atoms with E-state index in [1.807, 2.05) is 0 Å². The maximum Gasteiger partial charge on any atom is 0.303 e. The van der Waals surface area contributed by atoms with E-state index < -0.39 is 5.97 Å². The molecular formula is C21H32O2. The van der Waals surface area contributed by atoms with Crippen molar-refractivity contribution in [3.63, 3.8) is 0 Å². The number of carboxylic acid groups (broad SMARTS) is 1. The van der Waals surface area contributed by atoms with Gasteiger partial charge in [0.15, 0.2) is 0 Å². The van der Waals surface area contributed by atoms with E-state index in [4.69, 9.17) is 0 Å². The third-order valence-electron chi connectivity index (χ3n) is 7.51.